The van der Waals surface area contributed by atoms with Crippen molar-refractivity contribution in [2.75, 3.05) is 20.8 Å². The molecule has 0 amide bonds. The van der Waals surface area contributed by atoms with E-state index < -0.39 is 16.8 Å². The van der Waals surface area contributed by atoms with Crippen LogP contribution in [0.5, 0.6) is 11.5 Å². The van der Waals surface area contributed by atoms with Crippen LogP contribution in [0.1, 0.15) is 45.1 Å². The molecule has 9 heteroatoms. The second-order valence-corrected chi connectivity index (χ2v) is 8.84. The average Bonchev–Trinajstić information content (AvgIpc) is 2.74. The lowest BCUT2D eigenvalue weighted by Crippen LogP contribution is -2.38. The molecule has 0 radical (unpaired) electrons. The number of benzene rings is 1. The number of rotatable bonds is 7. The topological polar surface area (TPSA) is 117 Å². The number of hydrogen-bond acceptors (Lipinski definition) is 8. The number of Topliss-reactive ketones (excluding diaryl/α,β-unsaturated/α-hetero) is 1. The van der Waals surface area contributed by atoms with Crippen molar-refractivity contribution >= 4 is 17.4 Å². The molecule has 0 bridgehead atoms. The van der Waals surface area contributed by atoms with Gasteiger partial charge in [0, 0.05) is 29.0 Å². The third-order valence-corrected chi connectivity index (χ3v) is 5.83. The number of dihydropyridines is 1. The predicted octanol–water partition coefficient (Wildman–Crippen LogP) is 3.95. The zero-order chi connectivity index (χ0) is 24.5. The van der Waals surface area contributed by atoms with Gasteiger partial charge in [0.25, 0.3) is 5.69 Å². The molecule has 0 saturated heterocycles. The van der Waals surface area contributed by atoms with E-state index in [4.69, 9.17) is 14.2 Å². The Morgan fingerprint density at radius 1 is 1.27 bits per heavy atom. The van der Waals surface area contributed by atoms with Crippen molar-refractivity contribution < 1.29 is 28.7 Å². The molecule has 9 nitrogen and oxygen atoms in total. The Balaban J connectivity index is 2.33. The molecule has 0 saturated carbocycles. The fourth-order valence-electron chi connectivity index (χ4n) is 4.50. The van der Waals surface area contributed by atoms with Crippen molar-refractivity contribution in [2.24, 2.45) is 5.41 Å². The molecular formula is C24H28N2O7. The maximum Gasteiger partial charge on any atom is 0.337 e. The van der Waals surface area contributed by atoms with Crippen molar-refractivity contribution in [3.05, 3.63) is 63.0 Å². The van der Waals surface area contributed by atoms with Crippen molar-refractivity contribution in [1.29, 1.82) is 0 Å². The molecular weight excluding hydrogens is 428 g/mol. The first-order valence-electron chi connectivity index (χ1n) is 10.5. The number of nitro groups is 1. The van der Waals surface area contributed by atoms with Crippen molar-refractivity contribution in [2.45, 2.75) is 39.5 Å². The number of nitro benzene ring substituents is 1. The number of nitrogens with zero attached hydrogens (tertiary/aromatic N) is 1. The third kappa shape index (κ3) is 4.48. The van der Waals surface area contributed by atoms with Crippen LogP contribution in [0, 0.1) is 15.5 Å². The molecule has 176 valence electrons. The summed E-state index contributed by atoms with van der Waals surface area (Å²) < 4.78 is 15.9. The maximum atomic E-state index is 13.4. The van der Waals surface area contributed by atoms with Gasteiger partial charge in [0.2, 0.25) is 0 Å². The smallest absolute Gasteiger partial charge is 0.337 e. The van der Waals surface area contributed by atoms with Gasteiger partial charge in [-0.3, -0.25) is 14.9 Å². The first-order chi connectivity index (χ1) is 15.5. The number of hydrogen-bond donors (Lipinski definition) is 1. The molecule has 1 aliphatic heterocycles. The van der Waals surface area contributed by atoms with E-state index in [1.54, 1.807) is 6.92 Å². The standard InChI is InChI=1S/C24H28N2O7/c1-7-8-33-23(28)20-13(2)25-15-11-24(3,4)12-17(27)22(15)21(20)14-9-18(31-5)19(32-6)10-16(14)26(29)30/h7,9-10,21,25H,1,8,11-12H2,2-6H3/t21-/m0/s1. The number of carbonyl (C=O) groups is 2. The summed E-state index contributed by atoms with van der Waals surface area (Å²) in [6, 6.07) is 2.70. The van der Waals surface area contributed by atoms with Gasteiger partial charge in [-0.25, -0.2) is 4.79 Å². The minimum atomic E-state index is -0.998. The van der Waals surface area contributed by atoms with E-state index in [1.807, 2.05) is 13.8 Å². The molecule has 1 heterocycles. The summed E-state index contributed by atoms with van der Waals surface area (Å²) in [6.07, 6.45) is 2.23. The van der Waals surface area contributed by atoms with Crippen LogP contribution in [0.15, 0.2) is 47.3 Å². The number of ketones is 1. The molecule has 1 aliphatic carbocycles. The van der Waals surface area contributed by atoms with E-state index in [0.717, 1.165) is 0 Å². The first kappa shape index (κ1) is 24.0. The highest BCUT2D eigenvalue weighted by Gasteiger charge is 2.45. The summed E-state index contributed by atoms with van der Waals surface area (Å²) in [5.41, 5.74) is 1.18. The zero-order valence-electron chi connectivity index (χ0n) is 19.4. The molecule has 1 atom stereocenters. The van der Waals surface area contributed by atoms with Crippen LogP contribution in [-0.4, -0.2) is 37.5 Å². The van der Waals surface area contributed by atoms with Crippen molar-refractivity contribution in [3.63, 3.8) is 0 Å². The Morgan fingerprint density at radius 3 is 2.48 bits per heavy atom. The van der Waals surface area contributed by atoms with Crippen LogP contribution in [0.2, 0.25) is 0 Å². The molecule has 0 fully saturated rings. The highest BCUT2D eigenvalue weighted by Crippen LogP contribution is 2.50. The largest absolute Gasteiger partial charge is 0.493 e. The SMILES string of the molecule is C=CCOC(=O)C1=C(C)NC2=C(C(=O)CC(C)(C)C2)[C@H]1c1cc(OC)c(OC)cc1[N+](=O)[O-]. The van der Waals surface area contributed by atoms with Gasteiger partial charge in [0.1, 0.15) is 6.61 Å². The van der Waals surface area contributed by atoms with E-state index in [-0.39, 0.29) is 52.5 Å². The number of esters is 1. The van der Waals surface area contributed by atoms with Crippen LogP contribution < -0.4 is 14.8 Å². The summed E-state index contributed by atoms with van der Waals surface area (Å²) in [7, 11) is 2.79. The molecule has 0 spiro atoms. The minimum absolute atomic E-state index is 0.0384. The predicted molar refractivity (Wildman–Crippen MR) is 121 cm³/mol. The van der Waals surface area contributed by atoms with Crippen LogP contribution in [0.3, 0.4) is 0 Å². The maximum absolute atomic E-state index is 13.4. The van der Waals surface area contributed by atoms with Gasteiger partial charge in [-0.1, -0.05) is 26.5 Å². The van der Waals surface area contributed by atoms with Crippen LogP contribution in [0.4, 0.5) is 5.69 Å². The Labute approximate surface area is 192 Å². The molecule has 3 rings (SSSR count). The second-order valence-electron chi connectivity index (χ2n) is 8.84. The van der Waals surface area contributed by atoms with Crippen LogP contribution in [0.25, 0.3) is 0 Å². The summed E-state index contributed by atoms with van der Waals surface area (Å²) in [4.78, 5) is 37.9. The molecule has 33 heavy (non-hydrogen) atoms. The Bertz CT molecular complexity index is 1100. The second kappa shape index (κ2) is 9.09. The van der Waals surface area contributed by atoms with Gasteiger partial charge < -0.3 is 19.5 Å². The minimum Gasteiger partial charge on any atom is -0.493 e. The lowest BCUT2D eigenvalue weighted by molar-refractivity contribution is -0.385. The number of methoxy groups -OCH3 is 2. The lowest BCUT2D eigenvalue weighted by Gasteiger charge is -2.39. The molecule has 0 aromatic heterocycles. The number of carbonyl (C=O) groups excluding carboxylic acids is 2. The Hall–Kier alpha value is -3.62. The third-order valence-electron chi connectivity index (χ3n) is 5.83. The van der Waals surface area contributed by atoms with Crippen LogP contribution >= 0.6 is 0 Å². The highest BCUT2D eigenvalue weighted by atomic mass is 16.6. The summed E-state index contributed by atoms with van der Waals surface area (Å²) in [5, 5.41) is 15.3. The fourth-order valence-corrected chi connectivity index (χ4v) is 4.50. The van der Waals surface area contributed by atoms with E-state index in [9.17, 15) is 19.7 Å². The van der Waals surface area contributed by atoms with Crippen molar-refractivity contribution in [1.82, 2.24) is 5.32 Å². The molecule has 2 aliphatic rings. The normalized spacial score (nSPS) is 19.4. The van der Waals surface area contributed by atoms with Gasteiger partial charge in [-0.05, 0) is 24.8 Å². The molecule has 1 aromatic rings. The fraction of sp³-hybridized carbons (Fsp3) is 0.417. The van der Waals surface area contributed by atoms with Gasteiger partial charge in [0.05, 0.1) is 36.7 Å². The van der Waals surface area contributed by atoms with Crippen molar-refractivity contribution in [3.8, 4) is 11.5 Å². The van der Waals surface area contributed by atoms with Gasteiger partial charge in [-0.2, -0.15) is 0 Å². The molecule has 0 unspecified atom stereocenters. The van der Waals surface area contributed by atoms with Gasteiger partial charge in [0.15, 0.2) is 17.3 Å². The van der Waals surface area contributed by atoms with Gasteiger partial charge in [-0.15, -0.1) is 0 Å². The van der Waals surface area contributed by atoms with E-state index in [2.05, 4.69) is 11.9 Å². The lowest BCUT2D eigenvalue weighted by atomic mass is 9.68. The summed E-state index contributed by atoms with van der Waals surface area (Å²) in [6.45, 7) is 9.18. The summed E-state index contributed by atoms with van der Waals surface area (Å²) >= 11 is 0. The highest BCUT2D eigenvalue weighted by molar-refractivity contribution is 6.04. The quantitative estimate of drug-likeness (QED) is 0.284. The van der Waals surface area contributed by atoms with Gasteiger partial charge >= 0.3 is 5.97 Å². The molecule has 1 aromatic carbocycles. The number of allylic oxidation sites excluding steroid dienone is 3. The molecule has 1 N–H and O–H groups in total. The zero-order valence-corrected chi connectivity index (χ0v) is 19.4. The monoisotopic (exact) mass is 456 g/mol. The number of nitrogens with one attached hydrogen (secondary N) is 1. The van der Waals surface area contributed by atoms with E-state index in [0.29, 0.717) is 23.4 Å². The van der Waals surface area contributed by atoms with Crippen LogP contribution in [-0.2, 0) is 14.3 Å². The Kier molecular flexibility index (Phi) is 6.62. The first-order valence-corrected chi connectivity index (χ1v) is 10.5. The summed E-state index contributed by atoms with van der Waals surface area (Å²) in [5.74, 6) is -1.44. The van der Waals surface area contributed by atoms with E-state index >= 15 is 0 Å². The van der Waals surface area contributed by atoms with E-state index in [1.165, 1.54) is 32.4 Å². The number of ether oxygens (including phenoxy) is 3. The Morgan fingerprint density at radius 2 is 1.91 bits per heavy atom. The average molecular weight is 456 g/mol.